The quantitative estimate of drug-likeness (QED) is 0.260. The zero-order valence-corrected chi connectivity index (χ0v) is 14.9. The van der Waals surface area contributed by atoms with E-state index in [4.69, 9.17) is 10.8 Å². The largest absolute Gasteiger partial charge is 0.480 e. The van der Waals surface area contributed by atoms with E-state index in [1.54, 1.807) is 6.92 Å². The summed E-state index contributed by atoms with van der Waals surface area (Å²) in [5.41, 5.74) is 5.55. The van der Waals surface area contributed by atoms with Crippen molar-refractivity contribution in [2.24, 2.45) is 11.7 Å². The van der Waals surface area contributed by atoms with Crippen molar-refractivity contribution in [2.45, 2.75) is 58.3 Å². The minimum Gasteiger partial charge on any atom is -0.480 e. The lowest BCUT2D eigenvalue weighted by atomic mass is 9.97. The first-order valence-electron chi connectivity index (χ1n) is 8.05. The molecular weight excluding hydrogens is 332 g/mol. The fourth-order valence-corrected chi connectivity index (χ4v) is 1.86. The molecule has 25 heavy (non-hydrogen) atoms. The van der Waals surface area contributed by atoms with Crippen LogP contribution in [-0.2, 0) is 19.2 Å². The Kier molecular flexibility index (Phi) is 9.69. The molecule has 5 unspecified atom stereocenters. The van der Waals surface area contributed by atoms with Crippen molar-refractivity contribution in [1.29, 1.82) is 0 Å². The topological polar surface area (TPSA) is 171 Å². The number of carboxylic acids is 1. The predicted octanol–water partition coefficient (Wildman–Crippen LogP) is -2.07. The molecule has 0 spiro atoms. The fourth-order valence-electron chi connectivity index (χ4n) is 1.86. The zero-order chi connectivity index (χ0) is 19.7. The molecule has 0 fully saturated rings. The van der Waals surface area contributed by atoms with Crippen LogP contribution < -0.4 is 21.7 Å². The van der Waals surface area contributed by atoms with E-state index in [-0.39, 0.29) is 5.92 Å². The number of aliphatic hydroxyl groups is 1. The van der Waals surface area contributed by atoms with E-state index in [0.717, 1.165) is 0 Å². The molecule has 0 saturated heterocycles. The van der Waals surface area contributed by atoms with E-state index >= 15 is 0 Å². The van der Waals surface area contributed by atoms with Gasteiger partial charge in [-0.2, -0.15) is 0 Å². The van der Waals surface area contributed by atoms with Crippen LogP contribution in [0.4, 0.5) is 0 Å². The van der Waals surface area contributed by atoms with E-state index in [9.17, 15) is 24.3 Å². The molecule has 0 heterocycles. The van der Waals surface area contributed by atoms with Gasteiger partial charge >= 0.3 is 5.97 Å². The van der Waals surface area contributed by atoms with E-state index in [0.29, 0.717) is 6.42 Å². The van der Waals surface area contributed by atoms with Crippen LogP contribution in [0.5, 0.6) is 0 Å². The van der Waals surface area contributed by atoms with Gasteiger partial charge in [0.1, 0.15) is 24.7 Å². The number of rotatable bonds is 10. The van der Waals surface area contributed by atoms with Crippen molar-refractivity contribution < 1.29 is 29.4 Å². The lowest BCUT2D eigenvalue weighted by Crippen LogP contribution is -2.58. The fraction of sp³-hybridized carbons (Fsp3) is 0.733. The Morgan fingerprint density at radius 1 is 1.00 bits per heavy atom. The van der Waals surface area contributed by atoms with Crippen molar-refractivity contribution >= 4 is 23.7 Å². The molecule has 10 heteroatoms. The van der Waals surface area contributed by atoms with Crippen LogP contribution in [0, 0.1) is 5.92 Å². The molecule has 0 aromatic heterocycles. The van der Waals surface area contributed by atoms with Crippen LogP contribution in [0.1, 0.15) is 34.1 Å². The third-order valence-electron chi connectivity index (χ3n) is 3.78. The summed E-state index contributed by atoms with van der Waals surface area (Å²) in [5, 5.41) is 25.0. The number of carbonyl (C=O) groups excluding carboxylic acids is 3. The molecule has 144 valence electrons. The van der Waals surface area contributed by atoms with E-state index in [1.165, 1.54) is 13.8 Å². The monoisotopic (exact) mass is 360 g/mol. The number of aliphatic carboxylic acids is 1. The summed E-state index contributed by atoms with van der Waals surface area (Å²) >= 11 is 0. The molecule has 3 amide bonds. The van der Waals surface area contributed by atoms with Gasteiger partial charge < -0.3 is 31.9 Å². The standard InChI is InChI=1S/C15H28N4O6/c1-5-7(2)12(19-14(24)11(16)9(4)20)15(25)18-8(3)13(23)17-6-10(21)22/h7-9,11-12,20H,5-6,16H2,1-4H3,(H,17,23)(H,18,25)(H,19,24)(H,21,22). The molecule has 5 atom stereocenters. The molecule has 0 aliphatic carbocycles. The van der Waals surface area contributed by atoms with Crippen LogP contribution in [0.2, 0.25) is 0 Å². The number of carboxylic acid groups (broad SMARTS) is 1. The average Bonchev–Trinajstić information content (AvgIpc) is 2.55. The predicted molar refractivity (Wildman–Crippen MR) is 89.3 cm³/mol. The summed E-state index contributed by atoms with van der Waals surface area (Å²) in [7, 11) is 0. The molecule has 7 N–H and O–H groups in total. The van der Waals surface area contributed by atoms with Gasteiger partial charge in [0.15, 0.2) is 0 Å². The molecule has 0 rings (SSSR count). The number of amides is 3. The Morgan fingerprint density at radius 3 is 2.00 bits per heavy atom. The van der Waals surface area contributed by atoms with Gasteiger partial charge in [0.2, 0.25) is 17.7 Å². The Balaban J connectivity index is 4.92. The highest BCUT2D eigenvalue weighted by Gasteiger charge is 2.30. The molecule has 10 nitrogen and oxygen atoms in total. The van der Waals surface area contributed by atoms with E-state index in [1.807, 2.05) is 6.92 Å². The second-order valence-electron chi connectivity index (χ2n) is 5.98. The van der Waals surface area contributed by atoms with Crippen LogP contribution in [-0.4, -0.2) is 64.7 Å². The number of carbonyl (C=O) groups is 4. The van der Waals surface area contributed by atoms with E-state index < -0.39 is 54.5 Å². The molecular formula is C15H28N4O6. The van der Waals surface area contributed by atoms with Gasteiger partial charge in [0.05, 0.1) is 6.10 Å². The SMILES string of the molecule is CCC(C)C(NC(=O)C(N)C(C)O)C(=O)NC(C)C(=O)NCC(=O)O. The van der Waals surface area contributed by atoms with Crippen LogP contribution in [0.25, 0.3) is 0 Å². The maximum atomic E-state index is 12.4. The van der Waals surface area contributed by atoms with Gasteiger partial charge in [-0.05, 0) is 19.8 Å². The summed E-state index contributed by atoms with van der Waals surface area (Å²) in [5.74, 6) is -3.40. The number of hydrogen-bond donors (Lipinski definition) is 6. The first kappa shape index (κ1) is 22.8. The van der Waals surface area contributed by atoms with Gasteiger partial charge in [0.25, 0.3) is 0 Å². The molecule has 0 aliphatic rings. The van der Waals surface area contributed by atoms with Crippen molar-refractivity contribution in [2.75, 3.05) is 6.54 Å². The third kappa shape index (κ3) is 7.94. The van der Waals surface area contributed by atoms with E-state index in [2.05, 4.69) is 16.0 Å². The lowest BCUT2D eigenvalue weighted by molar-refractivity contribution is -0.138. The second kappa shape index (κ2) is 10.6. The molecule has 0 saturated carbocycles. The summed E-state index contributed by atoms with van der Waals surface area (Å²) in [6.45, 7) is 5.76. The maximum absolute atomic E-state index is 12.4. The van der Waals surface area contributed by atoms with Crippen molar-refractivity contribution in [3.63, 3.8) is 0 Å². The lowest BCUT2D eigenvalue weighted by Gasteiger charge is -2.27. The average molecular weight is 360 g/mol. The minimum absolute atomic E-state index is 0.251. The van der Waals surface area contributed by atoms with Gasteiger partial charge in [-0.15, -0.1) is 0 Å². The Hall–Kier alpha value is -2.20. The Labute approximate surface area is 146 Å². The second-order valence-corrected chi connectivity index (χ2v) is 5.98. The normalized spacial score (nSPS) is 16.7. The summed E-state index contributed by atoms with van der Waals surface area (Å²) in [6.07, 6.45) is -0.511. The summed E-state index contributed by atoms with van der Waals surface area (Å²) in [4.78, 5) is 46.6. The summed E-state index contributed by atoms with van der Waals surface area (Å²) in [6, 6.07) is -3.12. The highest BCUT2D eigenvalue weighted by molar-refractivity contribution is 5.93. The highest BCUT2D eigenvalue weighted by Crippen LogP contribution is 2.09. The number of nitrogens with one attached hydrogen (secondary N) is 3. The molecule has 0 aromatic rings. The van der Waals surface area contributed by atoms with Crippen molar-refractivity contribution in [3.8, 4) is 0 Å². The summed E-state index contributed by atoms with van der Waals surface area (Å²) < 4.78 is 0. The van der Waals surface area contributed by atoms with Gasteiger partial charge in [-0.1, -0.05) is 20.3 Å². The van der Waals surface area contributed by atoms with Crippen LogP contribution in [0.15, 0.2) is 0 Å². The molecule has 0 aromatic carbocycles. The Bertz CT molecular complexity index is 496. The van der Waals surface area contributed by atoms with Crippen LogP contribution >= 0.6 is 0 Å². The minimum atomic E-state index is -1.20. The Morgan fingerprint density at radius 2 is 1.56 bits per heavy atom. The van der Waals surface area contributed by atoms with Gasteiger partial charge in [-0.3, -0.25) is 19.2 Å². The zero-order valence-electron chi connectivity index (χ0n) is 14.9. The maximum Gasteiger partial charge on any atom is 0.322 e. The number of nitrogens with two attached hydrogens (primary N) is 1. The smallest absolute Gasteiger partial charge is 0.322 e. The highest BCUT2D eigenvalue weighted by atomic mass is 16.4. The first-order chi connectivity index (χ1) is 11.5. The third-order valence-corrected chi connectivity index (χ3v) is 3.78. The number of hydrogen-bond acceptors (Lipinski definition) is 6. The molecule has 0 radical (unpaired) electrons. The van der Waals surface area contributed by atoms with Crippen LogP contribution in [0.3, 0.4) is 0 Å². The number of aliphatic hydroxyl groups excluding tert-OH is 1. The van der Waals surface area contributed by atoms with Gasteiger partial charge in [-0.25, -0.2) is 0 Å². The first-order valence-corrected chi connectivity index (χ1v) is 8.05. The molecule has 0 bridgehead atoms. The molecule has 0 aliphatic heterocycles. The van der Waals surface area contributed by atoms with Crippen molar-refractivity contribution in [3.05, 3.63) is 0 Å². The van der Waals surface area contributed by atoms with Crippen molar-refractivity contribution in [1.82, 2.24) is 16.0 Å². The van der Waals surface area contributed by atoms with Gasteiger partial charge in [0, 0.05) is 0 Å².